The van der Waals surface area contributed by atoms with Gasteiger partial charge in [0.25, 0.3) is 10.2 Å². The van der Waals surface area contributed by atoms with Crippen molar-refractivity contribution in [2.24, 2.45) is 5.73 Å². The summed E-state index contributed by atoms with van der Waals surface area (Å²) >= 11 is 1.78. The molecule has 2 fully saturated rings. The van der Waals surface area contributed by atoms with Crippen LogP contribution in [0, 0.1) is 0 Å². The molecule has 7 heteroatoms. The van der Waals surface area contributed by atoms with Crippen molar-refractivity contribution in [1.82, 2.24) is 9.03 Å². The molecule has 0 aromatic heterocycles. The van der Waals surface area contributed by atoms with Gasteiger partial charge in [-0.05, 0) is 31.9 Å². The van der Waals surface area contributed by atoms with Crippen molar-refractivity contribution in [2.45, 2.75) is 62.3 Å². The fourth-order valence-electron chi connectivity index (χ4n) is 3.30. The van der Waals surface area contributed by atoms with E-state index in [1.54, 1.807) is 16.1 Å². The highest BCUT2D eigenvalue weighted by Gasteiger charge is 2.35. The van der Waals surface area contributed by atoms with Gasteiger partial charge in [0.15, 0.2) is 0 Å². The maximum absolute atomic E-state index is 12.6. The Balaban J connectivity index is 2.05. The SMILES string of the molecule is CSC1CCCCC1NS(=O)(=O)N1CCCCC1CN. The van der Waals surface area contributed by atoms with E-state index in [0.29, 0.717) is 18.3 Å². The first-order chi connectivity index (χ1) is 9.58. The molecule has 0 bridgehead atoms. The van der Waals surface area contributed by atoms with Crippen LogP contribution in [0.25, 0.3) is 0 Å². The Morgan fingerprint density at radius 2 is 1.90 bits per heavy atom. The highest BCUT2D eigenvalue weighted by molar-refractivity contribution is 7.99. The zero-order valence-corrected chi connectivity index (χ0v) is 13.9. The van der Waals surface area contributed by atoms with E-state index in [9.17, 15) is 8.42 Å². The van der Waals surface area contributed by atoms with Crippen LogP contribution in [0.2, 0.25) is 0 Å². The van der Waals surface area contributed by atoms with E-state index in [-0.39, 0.29) is 12.1 Å². The zero-order valence-electron chi connectivity index (χ0n) is 12.3. The number of thioether (sulfide) groups is 1. The van der Waals surface area contributed by atoms with Crippen molar-refractivity contribution >= 4 is 22.0 Å². The molecule has 1 heterocycles. The van der Waals surface area contributed by atoms with Gasteiger partial charge in [-0.15, -0.1) is 0 Å². The third-order valence-electron chi connectivity index (χ3n) is 4.46. The van der Waals surface area contributed by atoms with Gasteiger partial charge in [0.05, 0.1) is 0 Å². The fourth-order valence-corrected chi connectivity index (χ4v) is 6.07. The lowest BCUT2D eigenvalue weighted by Crippen LogP contribution is -2.55. The Labute approximate surface area is 127 Å². The summed E-state index contributed by atoms with van der Waals surface area (Å²) in [6.07, 6.45) is 9.34. The van der Waals surface area contributed by atoms with Gasteiger partial charge in [0.2, 0.25) is 0 Å². The van der Waals surface area contributed by atoms with Crippen LogP contribution in [0.5, 0.6) is 0 Å². The Kier molecular flexibility index (Phi) is 6.16. The Bertz CT molecular complexity index is 402. The first-order valence-electron chi connectivity index (χ1n) is 7.60. The molecule has 5 nitrogen and oxygen atoms in total. The van der Waals surface area contributed by atoms with Crippen LogP contribution in [-0.2, 0) is 10.2 Å². The molecule has 3 N–H and O–H groups in total. The minimum atomic E-state index is -3.40. The molecular formula is C13H27N3O2S2. The van der Waals surface area contributed by atoms with Crippen LogP contribution in [0.4, 0.5) is 0 Å². The largest absolute Gasteiger partial charge is 0.329 e. The summed E-state index contributed by atoms with van der Waals surface area (Å²) in [7, 11) is -3.40. The minimum Gasteiger partial charge on any atom is -0.329 e. The monoisotopic (exact) mass is 321 g/mol. The summed E-state index contributed by atoms with van der Waals surface area (Å²) in [5.41, 5.74) is 5.74. The minimum absolute atomic E-state index is 0.0300. The third-order valence-corrected chi connectivity index (χ3v) is 7.33. The molecule has 3 unspecified atom stereocenters. The van der Waals surface area contributed by atoms with E-state index in [4.69, 9.17) is 5.73 Å². The number of hydrogen-bond donors (Lipinski definition) is 2. The van der Waals surface area contributed by atoms with Crippen molar-refractivity contribution in [3.63, 3.8) is 0 Å². The van der Waals surface area contributed by atoms with Gasteiger partial charge in [-0.2, -0.15) is 29.2 Å². The van der Waals surface area contributed by atoms with E-state index in [0.717, 1.165) is 38.5 Å². The smallest absolute Gasteiger partial charge is 0.280 e. The molecule has 1 saturated heterocycles. The standard InChI is InChI=1S/C13H27N3O2S2/c1-19-13-8-3-2-7-12(13)15-20(17,18)16-9-5-4-6-11(16)10-14/h11-13,15H,2-10,14H2,1H3. The van der Waals surface area contributed by atoms with Crippen LogP contribution in [0.3, 0.4) is 0 Å². The van der Waals surface area contributed by atoms with Crippen LogP contribution in [0.15, 0.2) is 0 Å². The van der Waals surface area contributed by atoms with E-state index in [1.807, 2.05) is 0 Å². The first-order valence-corrected chi connectivity index (χ1v) is 10.3. The zero-order chi connectivity index (χ0) is 14.6. The van der Waals surface area contributed by atoms with Gasteiger partial charge in [-0.25, -0.2) is 0 Å². The summed E-state index contributed by atoms with van der Waals surface area (Å²) in [4.78, 5) is 0. The topological polar surface area (TPSA) is 75.4 Å². The van der Waals surface area contributed by atoms with E-state index >= 15 is 0 Å². The van der Waals surface area contributed by atoms with Crippen molar-refractivity contribution in [3.8, 4) is 0 Å². The molecule has 1 saturated carbocycles. The predicted octanol–water partition coefficient (Wildman–Crippen LogP) is 1.31. The fraction of sp³-hybridized carbons (Fsp3) is 1.00. The van der Waals surface area contributed by atoms with Crippen molar-refractivity contribution in [1.29, 1.82) is 0 Å². The van der Waals surface area contributed by atoms with Crippen LogP contribution in [0.1, 0.15) is 44.9 Å². The Hall–Kier alpha value is 0.180. The van der Waals surface area contributed by atoms with Gasteiger partial charge >= 0.3 is 0 Å². The first kappa shape index (κ1) is 16.5. The molecule has 118 valence electrons. The molecule has 1 aliphatic heterocycles. The highest BCUT2D eigenvalue weighted by atomic mass is 32.2. The molecule has 20 heavy (non-hydrogen) atoms. The summed E-state index contributed by atoms with van der Waals surface area (Å²) in [6.45, 7) is 1.02. The Morgan fingerprint density at radius 3 is 2.60 bits per heavy atom. The number of nitrogens with two attached hydrogens (primary N) is 1. The molecule has 0 aromatic carbocycles. The van der Waals surface area contributed by atoms with Gasteiger partial charge in [0, 0.05) is 30.4 Å². The summed E-state index contributed by atoms with van der Waals surface area (Å²) in [6, 6.07) is 0.0432. The van der Waals surface area contributed by atoms with E-state index in [1.165, 1.54) is 6.42 Å². The molecule has 3 atom stereocenters. The van der Waals surface area contributed by atoms with Crippen molar-refractivity contribution in [2.75, 3.05) is 19.3 Å². The average Bonchev–Trinajstić information content (AvgIpc) is 2.47. The molecule has 0 amide bonds. The van der Waals surface area contributed by atoms with Crippen molar-refractivity contribution < 1.29 is 8.42 Å². The van der Waals surface area contributed by atoms with Gasteiger partial charge in [0.1, 0.15) is 0 Å². The molecule has 0 radical (unpaired) electrons. The lowest BCUT2D eigenvalue weighted by molar-refractivity contribution is 0.251. The van der Waals surface area contributed by atoms with Gasteiger partial charge in [-0.1, -0.05) is 19.3 Å². The van der Waals surface area contributed by atoms with Crippen molar-refractivity contribution in [3.05, 3.63) is 0 Å². The second kappa shape index (κ2) is 7.45. The molecule has 1 aliphatic carbocycles. The number of nitrogens with one attached hydrogen (secondary N) is 1. The maximum atomic E-state index is 12.6. The number of hydrogen-bond acceptors (Lipinski definition) is 4. The van der Waals surface area contributed by atoms with E-state index in [2.05, 4.69) is 11.0 Å². The maximum Gasteiger partial charge on any atom is 0.280 e. The average molecular weight is 322 g/mol. The normalized spacial score (nSPS) is 33.2. The molecule has 2 aliphatic rings. The summed E-state index contributed by atoms with van der Waals surface area (Å²) in [5, 5.41) is 0.402. The summed E-state index contributed by atoms with van der Waals surface area (Å²) < 4.78 is 29.8. The molecule has 2 rings (SSSR count). The highest BCUT2D eigenvalue weighted by Crippen LogP contribution is 2.28. The predicted molar refractivity (Wildman–Crippen MR) is 85.0 cm³/mol. The lowest BCUT2D eigenvalue weighted by Gasteiger charge is -2.37. The number of rotatable bonds is 5. The second-order valence-electron chi connectivity index (χ2n) is 5.78. The van der Waals surface area contributed by atoms with Crippen LogP contribution in [-0.4, -0.2) is 49.4 Å². The van der Waals surface area contributed by atoms with Gasteiger partial charge in [-0.3, -0.25) is 0 Å². The van der Waals surface area contributed by atoms with E-state index < -0.39 is 10.2 Å². The Morgan fingerprint density at radius 1 is 1.20 bits per heavy atom. The molecule has 0 aromatic rings. The van der Waals surface area contributed by atoms with Crippen LogP contribution >= 0.6 is 11.8 Å². The molecule has 0 spiro atoms. The van der Waals surface area contributed by atoms with Crippen LogP contribution < -0.4 is 10.5 Å². The van der Waals surface area contributed by atoms with Gasteiger partial charge < -0.3 is 5.73 Å². The number of nitrogens with zero attached hydrogens (tertiary/aromatic N) is 1. The summed E-state index contributed by atoms with van der Waals surface area (Å²) in [5.74, 6) is 0. The second-order valence-corrected chi connectivity index (χ2v) is 8.52. The molecular weight excluding hydrogens is 294 g/mol. The quantitative estimate of drug-likeness (QED) is 0.800. The third kappa shape index (κ3) is 3.88. The number of piperidine rings is 1. The lowest BCUT2D eigenvalue weighted by atomic mass is 9.96.